The van der Waals surface area contributed by atoms with Crippen LogP contribution < -0.4 is 10.6 Å². The molecule has 1 aliphatic heterocycles. The summed E-state index contributed by atoms with van der Waals surface area (Å²) in [5.41, 5.74) is 3.99. The molecule has 0 saturated heterocycles. The summed E-state index contributed by atoms with van der Waals surface area (Å²) in [5, 5.41) is 2.46. The summed E-state index contributed by atoms with van der Waals surface area (Å²) in [6, 6.07) is 6.64. The maximum absolute atomic E-state index is 4.55. The van der Waals surface area contributed by atoms with Crippen LogP contribution >= 0.6 is 0 Å². The minimum absolute atomic E-state index is 0.817. The maximum atomic E-state index is 4.55. The Hall–Kier alpha value is -1.37. The molecule has 1 aromatic carbocycles. The molecule has 1 nitrogen and oxygen atoms in total. The van der Waals surface area contributed by atoms with Crippen molar-refractivity contribution >= 4 is 5.57 Å². The van der Waals surface area contributed by atoms with E-state index in [1.807, 2.05) is 0 Å². The number of benzene rings is 1. The van der Waals surface area contributed by atoms with Crippen molar-refractivity contribution in [1.82, 2.24) is 0 Å². The van der Waals surface area contributed by atoms with Gasteiger partial charge in [-0.1, -0.05) is 32.9 Å². The fourth-order valence-corrected chi connectivity index (χ4v) is 2.17. The smallest absolute Gasteiger partial charge is 0.0656 e. The Morgan fingerprint density at radius 1 is 1.38 bits per heavy atom. The Kier molecular flexibility index (Phi) is 3.23. The highest BCUT2D eigenvalue weighted by Gasteiger charge is 2.08. The van der Waals surface area contributed by atoms with Crippen LogP contribution in [0, 0.1) is 0 Å². The first kappa shape index (κ1) is 11.1. The summed E-state index contributed by atoms with van der Waals surface area (Å²) >= 11 is 0. The van der Waals surface area contributed by atoms with E-state index in [-0.39, 0.29) is 0 Å². The van der Waals surface area contributed by atoms with E-state index in [4.69, 9.17) is 0 Å². The van der Waals surface area contributed by atoms with Crippen LogP contribution in [0.5, 0.6) is 0 Å². The lowest BCUT2D eigenvalue weighted by Gasteiger charge is -2.03. The number of aryl methyl sites for hydroxylation is 1. The van der Waals surface area contributed by atoms with Crippen LogP contribution in [0.15, 0.2) is 35.3 Å². The highest BCUT2D eigenvalue weighted by atomic mass is 14.7. The fraction of sp³-hybridized carbons (Fsp3) is 0.400. The van der Waals surface area contributed by atoms with Gasteiger partial charge >= 0.3 is 0 Å². The summed E-state index contributed by atoms with van der Waals surface area (Å²) in [4.78, 5) is 4.55. The molecule has 1 aliphatic rings. The number of nitrogens with zero attached hydrogens (tertiary/aromatic N) is 1. The van der Waals surface area contributed by atoms with Gasteiger partial charge in [0.1, 0.15) is 0 Å². The second-order valence-corrected chi connectivity index (χ2v) is 4.35. The van der Waals surface area contributed by atoms with Crippen LogP contribution in [0.3, 0.4) is 0 Å². The van der Waals surface area contributed by atoms with Gasteiger partial charge < -0.3 is 0 Å². The lowest BCUT2D eigenvalue weighted by atomic mass is 10.0. The molecule has 0 aliphatic carbocycles. The van der Waals surface area contributed by atoms with Gasteiger partial charge in [-0.25, -0.2) is 0 Å². The monoisotopic (exact) mass is 213 g/mol. The molecule has 0 spiro atoms. The van der Waals surface area contributed by atoms with E-state index in [1.165, 1.54) is 28.3 Å². The van der Waals surface area contributed by atoms with Crippen LogP contribution in [0.1, 0.15) is 32.3 Å². The summed E-state index contributed by atoms with van der Waals surface area (Å²) in [7, 11) is 0. The Balaban J connectivity index is 2.54. The zero-order chi connectivity index (χ0) is 11.5. The van der Waals surface area contributed by atoms with Gasteiger partial charge in [-0.05, 0) is 41.7 Å². The largest absolute Gasteiger partial charge is 0.280 e. The molecule has 1 heterocycles. The molecule has 84 valence electrons. The van der Waals surface area contributed by atoms with Gasteiger partial charge in [0.25, 0.3) is 0 Å². The van der Waals surface area contributed by atoms with Gasteiger partial charge in [-0.15, -0.1) is 0 Å². The van der Waals surface area contributed by atoms with Gasteiger partial charge in [-0.2, -0.15) is 0 Å². The molecule has 0 unspecified atom stereocenters. The minimum atomic E-state index is 0.817. The molecule has 0 saturated carbocycles. The second-order valence-electron chi connectivity index (χ2n) is 4.35. The van der Waals surface area contributed by atoms with Crippen LogP contribution in [0.25, 0.3) is 5.57 Å². The quantitative estimate of drug-likeness (QED) is 0.728. The summed E-state index contributed by atoms with van der Waals surface area (Å²) in [6.07, 6.45) is 3.36. The van der Waals surface area contributed by atoms with Crippen molar-refractivity contribution in [2.24, 2.45) is 4.99 Å². The number of hydrogen-bond acceptors (Lipinski definition) is 1. The lowest BCUT2D eigenvalue weighted by molar-refractivity contribution is 0.919. The van der Waals surface area contributed by atoms with Gasteiger partial charge in [0.15, 0.2) is 0 Å². The highest BCUT2D eigenvalue weighted by molar-refractivity contribution is 5.65. The maximum Gasteiger partial charge on any atom is 0.0656 e. The molecule has 0 atom stereocenters. The molecule has 0 aromatic heterocycles. The van der Waals surface area contributed by atoms with Crippen molar-refractivity contribution in [2.45, 2.75) is 33.1 Å². The first-order valence-electron chi connectivity index (χ1n) is 6.11. The zero-order valence-electron chi connectivity index (χ0n) is 10.2. The minimum Gasteiger partial charge on any atom is -0.280 e. The predicted molar refractivity (Wildman–Crippen MR) is 68.9 cm³/mol. The van der Waals surface area contributed by atoms with E-state index in [2.05, 4.69) is 43.6 Å². The lowest BCUT2D eigenvalue weighted by Crippen LogP contribution is -2.23. The van der Waals surface area contributed by atoms with E-state index in [9.17, 15) is 0 Å². The van der Waals surface area contributed by atoms with Crippen molar-refractivity contribution in [2.75, 3.05) is 6.54 Å². The van der Waals surface area contributed by atoms with Crippen LogP contribution in [0.4, 0.5) is 0 Å². The van der Waals surface area contributed by atoms with E-state index >= 15 is 0 Å². The van der Waals surface area contributed by atoms with Crippen LogP contribution in [-0.4, -0.2) is 6.54 Å². The molecular formula is C15H19N. The molecule has 1 heteroatoms. The molecule has 2 rings (SSSR count). The van der Waals surface area contributed by atoms with Crippen molar-refractivity contribution < 1.29 is 0 Å². The van der Waals surface area contributed by atoms with Crippen molar-refractivity contribution in [3.63, 3.8) is 0 Å². The Labute approximate surface area is 97.2 Å². The van der Waals surface area contributed by atoms with E-state index in [0.29, 0.717) is 0 Å². The summed E-state index contributed by atoms with van der Waals surface area (Å²) in [6.45, 7) is 9.32. The number of rotatable bonds is 4. The number of fused-ring (bicyclic) bond motifs is 1. The van der Waals surface area contributed by atoms with E-state index < -0.39 is 0 Å². The molecule has 0 bridgehead atoms. The average Bonchev–Trinajstić information content (AvgIpc) is 2.71. The summed E-state index contributed by atoms with van der Waals surface area (Å²) in [5.74, 6) is 0. The number of hydrogen-bond donors (Lipinski definition) is 0. The van der Waals surface area contributed by atoms with Crippen LogP contribution in [-0.2, 0) is 6.42 Å². The van der Waals surface area contributed by atoms with E-state index in [0.717, 1.165) is 24.7 Å². The first-order chi connectivity index (χ1) is 7.76. The van der Waals surface area contributed by atoms with Crippen molar-refractivity contribution in [3.05, 3.63) is 46.5 Å². The van der Waals surface area contributed by atoms with Gasteiger partial charge in [0, 0.05) is 5.22 Å². The molecule has 16 heavy (non-hydrogen) atoms. The van der Waals surface area contributed by atoms with Crippen LogP contribution in [0.2, 0.25) is 0 Å². The Morgan fingerprint density at radius 3 is 2.88 bits per heavy atom. The van der Waals surface area contributed by atoms with Crippen molar-refractivity contribution in [1.29, 1.82) is 0 Å². The van der Waals surface area contributed by atoms with Gasteiger partial charge in [0.2, 0.25) is 0 Å². The SMILES string of the molecule is C=C(CC)C1=c2cc(CCC)ccc2=NC1. The molecule has 1 aromatic rings. The molecule has 0 amide bonds. The molecule has 0 N–H and O–H groups in total. The fourth-order valence-electron chi connectivity index (χ4n) is 2.17. The molecule has 0 fully saturated rings. The Bertz CT molecular complexity index is 523. The molecular weight excluding hydrogens is 194 g/mol. The standard InChI is InChI=1S/C15H19N/c1-4-6-12-7-8-15-13(9-12)14(10-16-15)11(3)5-2/h7-9H,3-6,10H2,1-2H3. The zero-order valence-corrected chi connectivity index (χ0v) is 10.2. The third-order valence-corrected chi connectivity index (χ3v) is 3.19. The highest BCUT2D eigenvalue weighted by Crippen LogP contribution is 2.13. The van der Waals surface area contributed by atoms with Gasteiger partial charge in [0.05, 0.1) is 11.9 Å². The third-order valence-electron chi connectivity index (χ3n) is 3.19. The van der Waals surface area contributed by atoms with Crippen molar-refractivity contribution in [3.8, 4) is 0 Å². The van der Waals surface area contributed by atoms with Gasteiger partial charge in [-0.3, -0.25) is 4.99 Å². The van der Waals surface area contributed by atoms with E-state index in [1.54, 1.807) is 0 Å². The Morgan fingerprint density at radius 2 is 2.19 bits per heavy atom. The topological polar surface area (TPSA) is 12.4 Å². The average molecular weight is 213 g/mol. The second kappa shape index (κ2) is 4.65. The molecule has 0 radical (unpaired) electrons. The first-order valence-corrected chi connectivity index (χ1v) is 6.11. The normalized spacial score (nSPS) is 13.5. The summed E-state index contributed by atoms with van der Waals surface area (Å²) < 4.78 is 0. The third kappa shape index (κ3) is 1.95. The predicted octanol–water partition coefficient (Wildman–Crippen LogP) is 2.39.